The Hall–Kier alpha value is -2.30. The van der Waals surface area contributed by atoms with Crippen LogP contribution < -0.4 is 0 Å². The molecule has 3 aromatic heterocycles. The standard InChI is InChI=1S/C12H11N5/c1-2-9-10-11(8-3-5-13-6-4-8)16-17-12(10)15-7-14-9/h3-7H,2H2,1H3,(H,14,15,16,17). The lowest BCUT2D eigenvalue weighted by Crippen LogP contribution is -1.91. The number of aromatic nitrogens is 5. The van der Waals surface area contributed by atoms with Gasteiger partial charge in [0.05, 0.1) is 16.8 Å². The molecule has 0 aliphatic rings. The Morgan fingerprint density at radius 3 is 2.76 bits per heavy atom. The van der Waals surface area contributed by atoms with Gasteiger partial charge in [0, 0.05) is 18.0 Å². The van der Waals surface area contributed by atoms with Crippen LogP contribution in [0.2, 0.25) is 0 Å². The smallest absolute Gasteiger partial charge is 0.184 e. The summed E-state index contributed by atoms with van der Waals surface area (Å²) in [7, 11) is 0. The molecule has 0 spiro atoms. The lowest BCUT2D eigenvalue weighted by Gasteiger charge is -2.01. The molecular weight excluding hydrogens is 214 g/mol. The normalized spacial score (nSPS) is 10.9. The third-order valence-electron chi connectivity index (χ3n) is 2.73. The molecule has 0 radical (unpaired) electrons. The minimum absolute atomic E-state index is 0.712. The number of nitrogens with zero attached hydrogens (tertiary/aromatic N) is 4. The summed E-state index contributed by atoms with van der Waals surface area (Å²) in [6.45, 7) is 2.07. The van der Waals surface area contributed by atoms with E-state index in [4.69, 9.17) is 0 Å². The van der Waals surface area contributed by atoms with Crippen LogP contribution in [0.15, 0.2) is 30.9 Å². The van der Waals surface area contributed by atoms with E-state index in [2.05, 4.69) is 32.1 Å². The molecule has 5 nitrogen and oxygen atoms in total. The van der Waals surface area contributed by atoms with Gasteiger partial charge < -0.3 is 0 Å². The minimum Gasteiger partial charge on any atom is -0.275 e. The molecule has 0 aromatic carbocycles. The van der Waals surface area contributed by atoms with Gasteiger partial charge in [-0.05, 0) is 18.6 Å². The molecular formula is C12H11N5. The van der Waals surface area contributed by atoms with Crippen molar-refractivity contribution in [1.29, 1.82) is 0 Å². The van der Waals surface area contributed by atoms with Gasteiger partial charge in [-0.3, -0.25) is 10.1 Å². The molecule has 0 bridgehead atoms. The van der Waals surface area contributed by atoms with Crippen LogP contribution >= 0.6 is 0 Å². The number of nitrogens with one attached hydrogen (secondary N) is 1. The van der Waals surface area contributed by atoms with Crippen LogP contribution in [0.3, 0.4) is 0 Å². The number of hydrogen-bond acceptors (Lipinski definition) is 4. The van der Waals surface area contributed by atoms with E-state index in [-0.39, 0.29) is 0 Å². The van der Waals surface area contributed by atoms with E-state index >= 15 is 0 Å². The highest BCUT2D eigenvalue weighted by Crippen LogP contribution is 2.26. The number of aryl methyl sites for hydroxylation is 1. The molecule has 0 atom stereocenters. The number of fused-ring (bicyclic) bond motifs is 1. The first-order chi connectivity index (χ1) is 8.40. The molecule has 3 aromatic rings. The molecule has 1 N–H and O–H groups in total. The molecule has 84 valence electrons. The second-order valence-corrected chi connectivity index (χ2v) is 3.71. The Morgan fingerprint density at radius 2 is 2.00 bits per heavy atom. The number of aromatic amines is 1. The summed E-state index contributed by atoms with van der Waals surface area (Å²) >= 11 is 0. The molecule has 3 heterocycles. The van der Waals surface area contributed by atoms with E-state index in [0.717, 1.165) is 28.8 Å². The van der Waals surface area contributed by atoms with Gasteiger partial charge in [-0.25, -0.2) is 9.97 Å². The van der Waals surface area contributed by atoms with E-state index < -0.39 is 0 Å². The van der Waals surface area contributed by atoms with Crippen LogP contribution in [0, 0.1) is 0 Å². The van der Waals surface area contributed by atoms with Gasteiger partial charge in [0.25, 0.3) is 0 Å². The number of pyridine rings is 1. The highest BCUT2D eigenvalue weighted by atomic mass is 15.2. The van der Waals surface area contributed by atoms with Crippen molar-refractivity contribution in [2.45, 2.75) is 13.3 Å². The van der Waals surface area contributed by atoms with Crippen LogP contribution in [0.25, 0.3) is 22.3 Å². The van der Waals surface area contributed by atoms with Crippen molar-refractivity contribution < 1.29 is 0 Å². The third kappa shape index (κ3) is 1.56. The lowest BCUT2D eigenvalue weighted by atomic mass is 10.1. The fourth-order valence-electron chi connectivity index (χ4n) is 1.91. The maximum Gasteiger partial charge on any atom is 0.184 e. The largest absolute Gasteiger partial charge is 0.275 e. The summed E-state index contributed by atoms with van der Waals surface area (Å²) in [4.78, 5) is 12.5. The lowest BCUT2D eigenvalue weighted by molar-refractivity contribution is 1.02. The van der Waals surface area contributed by atoms with Crippen molar-refractivity contribution in [3.63, 3.8) is 0 Å². The van der Waals surface area contributed by atoms with Crippen molar-refractivity contribution in [3.05, 3.63) is 36.5 Å². The van der Waals surface area contributed by atoms with Gasteiger partial charge in [-0.15, -0.1) is 0 Å². The van der Waals surface area contributed by atoms with Crippen LogP contribution in [0.4, 0.5) is 0 Å². The van der Waals surface area contributed by atoms with Gasteiger partial charge in [-0.2, -0.15) is 5.10 Å². The van der Waals surface area contributed by atoms with Gasteiger partial charge >= 0.3 is 0 Å². The van der Waals surface area contributed by atoms with Gasteiger partial charge in [-0.1, -0.05) is 6.92 Å². The highest BCUT2D eigenvalue weighted by Gasteiger charge is 2.12. The van der Waals surface area contributed by atoms with Crippen LogP contribution in [0.5, 0.6) is 0 Å². The summed E-state index contributed by atoms with van der Waals surface area (Å²) in [6.07, 6.45) is 5.93. The van der Waals surface area contributed by atoms with E-state index in [0.29, 0.717) is 5.65 Å². The molecule has 5 heteroatoms. The minimum atomic E-state index is 0.712. The second-order valence-electron chi connectivity index (χ2n) is 3.71. The average Bonchev–Trinajstić information content (AvgIpc) is 2.83. The summed E-state index contributed by atoms with van der Waals surface area (Å²) < 4.78 is 0. The summed E-state index contributed by atoms with van der Waals surface area (Å²) in [6, 6.07) is 3.89. The van der Waals surface area contributed by atoms with Crippen molar-refractivity contribution in [2.75, 3.05) is 0 Å². The fraction of sp³-hybridized carbons (Fsp3) is 0.167. The molecule has 0 fully saturated rings. The van der Waals surface area contributed by atoms with Crippen LogP contribution in [-0.2, 0) is 6.42 Å². The van der Waals surface area contributed by atoms with Gasteiger partial charge in [0.2, 0.25) is 0 Å². The van der Waals surface area contributed by atoms with E-state index in [1.54, 1.807) is 18.7 Å². The molecule has 17 heavy (non-hydrogen) atoms. The van der Waals surface area contributed by atoms with E-state index in [1.807, 2.05) is 12.1 Å². The van der Waals surface area contributed by atoms with Crippen molar-refractivity contribution in [1.82, 2.24) is 25.1 Å². The van der Waals surface area contributed by atoms with E-state index in [1.165, 1.54) is 0 Å². The number of rotatable bonds is 2. The highest BCUT2D eigenvalue weighted by molar-refractivity contribution is 5.92. The molecule has 0 unspecified atom stereocenters. The van der Waals surface area contributed by atoms with Gasteiger partial charge in [0.15, 0.2) is 5.65 Å². The molecule has 0 saturated carbocycles. The molecule has 3 rings (SSSR count). The summed E-state index contributed by atoms with van der Waals surface area (Å²) in [5.41, 5.74) is 3.73. The summed E-state index contributed by atoms with van der Waals surface area (Å²) in [5, 5.41) is 8.23. The molecule has 0 saturated heterocycles. The molecule has 0 aliphatic carbocycles. The van der Waals surface area contributed by atoms with Crippen LogP contribution in [0.1, 0.15) is 12.6 Å². The quantitative estimate of drug-likeness (QED) is 0.724. The van der Waals surface area contributed by atoms with E-state index in [9.17, 15) is 0 Å². The molecule has 0 aliphatic heterocycles. The zero-order valence-electron chi connectivity index (χ0n) is 9.38. The Kier molecular flexibility index (Phi) is 2.29. The first-order valence-corrected chi connectivity index (χ1v) is 5.48. The summed E-state index contributed by atoms with van der Waals surface area (Å²) in [5.74, 6) is 0. The Morgan fingerprint density at radius 1 is 1.18 bits per heavy atom. The maximum absolute atomic E-state index is 4.30. The predicted molar refractivity (Wildman–Crippen MR) is 64.3 cm³/mol. The Bertz CT molecular complexity index is 644. The van der Waals surface area contributed by atoms with Crippen molar-refractivity contribution in [3.8, 4) is 11.3 Å². The van der Waals surface area contributed by atoms with Gasteiger partial charge in [0.1, 0.15) is 6.33 Å². The predicted octanol–water partition coefficient (Wildman–Crippen LogP) is 1.98. The Labute approximate surface area is 98.0 Å². The zero-order valence-corrected chi connectivity index (χ0v) is 9.38. The Balaban J connectivity index is 2.31. The fourth-order valence-corrected chi connectivity index (χ4v) is 1.91. The third-order valence-corrected chi connectivity index (χ3v) is 2.73. The number of H-pyrrole nitrogens is 1. The average molecular weight is 225 g/mol. The molecule has 0 amide bonds. The first-order valence-electron chi connectivity index (χ1n) is 5.48. The van der Waals surface area contributed by atoms with Crippen molar-refractivity contribution in [2.24, 2.45) is 0 Å². The second kappa shape index (κ2) is 3.93. The van der Waals surface area contributed by atoms with Crippen molar-refractivity contribution >= 4 is 11.0 Å². The topological polar surface area (TPSA) is 67.3 Å². The number of hydrogen-bond donors (Lipinski definition) is 1. The van der Waals surface area contributed by atoms with Crippen LogP contribution in [-0.4, -0.2) is 25.1 Å². The monoisotopic (exact) mass is 225 g/mol. The SMILES string of the molecule is CCc1ncnc2n[nH]c(-c3ccncc3)c12. The maximum atomic E-state index is 4.30. The zero-order chi connectivity index (χ0) is 11.7. The first kappa shape index (κ1) is 9.89.